The van der Waals surface area contributed by atoms with E-state index >= 15 is 0 Å². The Morgan fingerprint density at radius 3 is 3.15 bits per heavy atom. The summed E-state index contributed by atoms with van der Waals surface area (Å²) >= 11 is 0. The molecule has 0 aliphatic rings. The van der Waals surface area contributed by atoms with Crippen LogP contribution in [0.1, 0.15) is 0 Å². The molecule has 0 saturated heterocycles. The molecule has 0 amide bonds. The molecule has 0 aromatic carbocycles. The van der Waals surface area contributed by atoms with Crippen LogP contribution in [-0.2, 0) is 0 Å². The third-order valence-electron chi connectivity index (χ3n) is 1.95. The van der Waals surface area contributed by atoms with Crippen LogP contribution in [0.25, 0.3) is 16.7 Å². The third-order valence-corrected chi connectivity index (χ3v) is 1.95. The van der Waals surface area contributed by atoms with Crippen LogP contribution >= 0.6 is 0 Å². The number of fused-ring (bicyclic) bond motifs is 2. The lowest BCUT2D eigenvalue weighted by atomic mass is 10.3. The van der Waals surface area contributed by atoms with E-state index in [4.69, 9.17) is 0 Å². The van der Waals surface area contributed by atoms with E-state index < -0.39 is 0 Å². The summed E-state index contributed by atoms with van der Waals surface area (Å²) < 4.78 is 1.74. The first-order valence-corrected chi connectivity index (χ1v) is 3.99. The quantitative estimate of drug-likeness (QED) is 0.510. The smallest absolute Gasteiger partial charge is 0.163 e. The molecule has 3 aromatic rings. The van der Waals surface area contributed by atoms with Crippen LogP contribution < -0.4 is 0 Å². The summed E-state index contributed by atoms with van der Waals surface area (Å²) in [7, 11) is 0. The maximum Gasteiger partial charge on any atom is 0.163 e. The second kappa shape index (κ2) is 2.26. The van der Waals surface area contributed by atoms with Crippen LogP contribution in [0.2, 0.25) is 0 Å². The lowest BCUT2D eigenvalue weighted by Gasteiger charge is -1.96. The van der Waals surface area contributed by atoms with Crippen LogP contribution in [0.4, 0.5) is 0 Å². The molecule has 0 aliphatic carbocycles. The first kappa shape index (κ1) is 6.54. The fraction of sp³-hybridized carbons (Fsp3) is 0. The predicted molar refractivity (Wildman–Crippen MR) is 48.3 cm³/mol. The Bertz CT molecular complexity index is 520. The highest BCUT2D eigenvalue weighted by molar-refractivity contribution is 5.75. The van der Waals surface area contributed by atoms with Crippen molar-refractivity contribution in [3.05, 3.63) is 36.8 Å². The highest BCUT2D eigenvalue weighted by Crippen LogP contribution is 2.08. The van der Waals surface area contributed by atoms with Crippen molar-refractivity contribution in [2.45, 2.75) is 0 Å². The summed E-state index contributed by atoms with van der Waals surface area (Å²) in [5.41, 5.74) is 1.58. The number of nitrogens with zero attached hydrogens (tertiary/aromatic N) is 4. The van der Waals surface area contributed by atoms with Gasteiger partial charge in [0.25, 0.3) is 0 Å². The van der Waals surface area contributed by atoms with Crippen LogP contribution in [0.3, 0.4) is 0 Å². The van der Waals surface area contributed by atoms with E-state index in [1.807, 2.05) is 24.4 Å². The van der Waals surface area contributed by atoms with E-state index in [9.17, 15) is 0 Å². The van der Waals surface area contributed by atoms with Gasteiger partial charge >= 0.3 is 0 Å². The highest BCUT2D eigenvalue weighted by atomic mass is 15.2. The van der Waals surface area contributed by atoms with Crippen LogP contribution in [-0.4, -0.2) is 19.6 Å². The first-order valence-electron chi connectivity index (χ1n) is 3.99. The minimum Gasteiger partial charge on any atom is -0.237 e. The summed E-state index contributed by atoms with van der Waals surface area (Å²) in [4.78, 5) is 8.49. The van der Waals surface area contributed by atoms with Gasteiger partial charge in [0.2, 0.25) is 0 Å². The van der Waals surface area contributed by atoms with Crippen LogP contribution in [0.5, 0.6) is 0 Å². The predicted octanol–water partition coefficient (Wildman–Crippen LogP) is 1.28. The second-order valence-electron chi connectivity index (χ2n) is 2.79. The largest absolute Gasteiger partial charge is 0.237 e. The topological polar surface area (TPSA) is 43.1 Å². The lowest BCUT2D eigenvalue weighted by molar-refractivity contribution is 0.950. The maximum absolute atomic E-state index is 4.33. The van der Waals surface area contributed by atoms with E-state index in [-0.39, 0.29) is 0 Å². The molecule has 0 spiro atoms. The zero-order valence-corrected chi connectivity index (χ0v) is 6.75. The van der Waals surface area contributed by atoms with Crippen molar-refractivity contribution < 1.29 is 0 Å². The highest BCUT2D eigenvalue weighted by Gasteiger charge is 1.98. The minimum atomic E-state index is 0.760. The molecule has 3 aromatic heterocycles. The number of pyridine rings is 1. The molecular formula is C9H6N4. The Morgan fingerprint density at radius 1 is 1.15 bits per heavy atom. The van der Waals surface area contributed by atoms with Crippen molar-refractivity contribution in [2.24, 2.45) is 0 Å². The van der Waals surface area contributed by atoms with Gasteiger partial charge in [-0.1, -0.05) is 0 Å². The van der Waals surface area contributed by atoms with Crippen molar-refractivity contribution in [3.63, 3.8) is 0 Å². The minimum absolute atomic E-state index is 0.760. The van der Waals surface area contributed by atoms with Gasteiger partial charge in [0.1, 0.15) is 0 Å². The fourth-order valence-corrected chi connectivity index (χ4v) is 1.34. The van der Waals surface area contributed by atoms with Gasteiger partial charge in [0.05, 0.1) is 6.20 Å². The monoisotopic (exact) mass is 170 g/mol. The van der Waals surface area contributed by atoms with Gasteiger partial charge in [-0.25, -0.2) is 14.5 Å². The zero-order valence-electron chi connectivity index (χ0n) is 6.75. The Labute approximate surface area is 73.9 Å². The lowest BCUT2D eigenvalue weighted by Crippen LogP contribution is -1.91. The average Bonchev–Trinajstić information content (AvgIpc) is 2.61. The molecule has 0 radical (unpaired) electrons. The Hall–Kier alpha value is -1.97. The van der Waals surface area contributed by atoms with E-state index in [1.54, 1.807) is 16.9 Å². The maximum atomic E-state index is 4.33. The van der Waals surface area contributed by atoms with Crippen molar-refractivity contribution in [2.75, 3.05) is 0 Å². The Morgan fingerprint density at radius 2 is 2.15 bits per heavy atom. The van der Waals surface area contributed by atoms with Crippen molar-refractivity contribution in [1.82, 2.24) is 19.6 Å². The SMILES string of the molecule is c1cnc2nc3ccnn3cc2c1. The van der Waals surface area contributed by atoms with Gasteiger partial charge in [0.15, 0.2) is 11.3 Å². The molecule has 3 heterocycles. The number of hydrogen-bond acceptors (Lipinski definition) is 3. The van der Waals surface area contributed by atoms with Gasteiger partial charge in [0, 0.05) is 23.8 Å². The van der Waals surface area contributed by atoms with Gasteiger partial charge in [-0.15, -0.1) is 0 Å². The summed E-state index contributed by atoms with van der Waals surface area (Å²) in [6.07, 6.45) is 5.38. The average molecular weight is 170 g/mol. The molecule has 13 heavy (non-hydrogen) atoms. The normalized spacial score (nSPS) is 11.1. The van der Waals surface area contributed by atoms with E-state index in [2.05, 4.69) is 15.1 Å². The van der Waals surface area contributed by atoms with Gasteiger partial charge in [-0.05, 0) is 12.1 Å². The molecule has 62 valence electrons. The van der Waals surface area contributed by atoms with Gasteiger partial charge < -0.3 is 0 Å². The molecule has 0 fully saturated rings. The van der Waals surface area contributed by atoms with Crippen molar-refractivity contribution in [3.8, 4) is 0 Å². The molecule has 4 nitrogen and oxygen atoms in total. The van der Waals surface area contributed by atoms with Crippen LogP contribution in [0, 0.1) is 0 Å². The van der Waals surface area contributed by atoms with Crippen molar-refractivity contribution in [1.29, 1.82) is 0 Å². The van der Waals surface area contributed by atoms with Crippen LogP contribution in [0.15, 0.2) is 36.8 Å². The van der Waals surface area contributed by atoms with Crippen molar-refractivity contribution >= 4 is 16.7 Å². The molecule has 0 saturated carbocycles. The summed E-state index contributed by atoms with van der Waals surface area (Å²) in [6.45, 7) is 0. The Kier molecular flexibility index (Phi) is 1.14. The number of hydrogen-bond donors (Lipinski definition) is 0. The summed E-state index contributed by atoms with van der Waals surface area (Å²) in [5.74, 6) is 0. The number of rotatable bonds is 0. The molecule has 0 bridgehead atoms. The molecule has 0 N–H and O–H groups in total. The molecular weight excluding hydrogens is 164 g/mol. The molecule has 0 aliphatic heterocycles. The van der Waals surface area contributed by atoms with E-state index in [0.717, 1.165) is 16.7 Å². The first-order chi connectivity index (χ1) is 6.43. The van der Waals surface area contributed by atoms with E-state index in [1.165, 1.54) is 0 Å². The standard InChI is InChI=1S/C9H6N4/c1-2-7-6-13-8(3-5-11-13)12-9(7)10-4-1/h1-6H. The van der Waals surface area contributed by atoms with Gasteiger partial charge in [-0.3, -0.25) is 0 Å². The van der Waals surface area contributed by atoms with E-state index in [0.29, 0.717) is 0 Å². The van der Waals surface area contributed by atoms with Gasteiger partial charge in [-0.2, -0.15) is 5.10 Å². The molecule has 4 heteroatoms. The second-order valence-corrected chi connectivity index (χ2v) is 2.79. The molecule has 0 unspecified atom stereocenters. The third kappa shape index (κ3) is 0.885. The molecule has 3 rings (SSSR count). The summed E-state index contributed by atoms with van der Waals surface area (Å²) in [6, 6.07) is 5.71. The zero-order chi connectivity index (χ0) is 8.67. The molecule has 0 atom stereocenters. The fourth-order valence-electron chi connectivity index (χ4n) is 1.34. The Balaban J connectivity index is 2.57. The number of aromatic nitrogens is 4. The summed E-state index contributed by atoms with van der Waals surface area (Å²) in [5, 5.41) is 5.09.